The van der Waals surface area contributed by atoms with E-state index in [1.807, 2.05) is 24.1 Å². The molecule has 4 heteroatoms. The molecule has 0 aliphatic heterocycles. The monoisotopic (exact) mass is 250 g/mol. The zero-order valence-corrected chi connectivity index (χ0v) is 11.5. The highest BCUT2D eigenvalue weighted by molar-refractivity contribution is 5.79. The van der Waals surface area contributed by atoms with Gasteiger partial charge in [0.2, 0.25) is 0 Å². The Balaban J connectivity index is 2.80. The highest BCUT2D eigenvalue weighted by Gasteiger charge is 2.32. The molecular weight excluding hydrogens is 228 g/mol. The molecule has 1 atom stereocenters. The summed E-state index contributed by atoms with van der Waals surface area (Å²) in [6.07, 6.45) is 1.01. The third-order valence-corrected chi connectivity index (χ3v) is 3.36. The number of carbonyl (C=O) groups is 1. The summed E-state index contributed by atoms with van der Waals surface area (Å²) in [7, 11) is 3.57. The van der Waals surface area contributed by atoms with E-state index in [-0.39, 0.29) is 0 Å². The van der Waals surface area contributed by atoms with Crippen LogP contribution in [0.15, 0.2) is 24.3 Å². The van der Waals surface area contributed by atoms with E-state index in [1.54, 1.807) is 14.0 Å². The maximum atomic E-state index is 11.2. The molecule has 0 amide bonds. The second kappa shape index (κ2) is 5.87. The lowest BCUT2D eigenvalue weighted by Gasteiger charge is -2.31. The van der Waals surface area contributed by atoms with Gasteiger partial charge in [-0.05, 0) is 38.1 Å². The molecule has 1 unspecified atom stereocenters. The van der Waals surface area contributed by atoms with Crippen molar-refractivity contribution >= 4 is 11.7 Å². The summed E-state index contributed by atoms with van der Waals surface area (Å²) in [4.78, 5) is 13.2. The molecule has 0 spiro atoms. The van der Waals surface area contributed by atoms with E-state index >= 15 is 0 Å². The van der Waals surface area contributed by atoms with E-state index in [2.05, 4.69) is 24.4 Å². The fraction of sp³-hybridized carbons (Fsp3) is 0.500. The van der Waals surface area contributed by atoms with E-state index in [1.165, 1.54) is 5.56 Å². The Hall–Kier alpha value is -1.55. The Morgan fingerprint density at radius 1 is 1.39 bits per heavy atom. The molecule has 0 saturated heterocycles. The van der Waals surface area contributed by atoms with Gasteiger partial charge in [-0.2, -0.15) is 0 Å². The van der Waals surface area contributed by atoms with Crippen LogP contribution in [0.1, 0.15) is 19.4 Å². The number of benzene rings is 1. The number of carboxylic acid groups (broad SMARTS) is 1. The summed E-state index contributed by atoms with van der Waals surface area (Å²) in [6, 6.07) is 8.19. The number of rotatable bonds is 6. The van der Waals surface area contributed by atoms with Crippen molar-refractivity contribution in [2.75, 3.05) is 25.5 Å². The molecule has 0 aromatic heterocycles. The Morgan fingerprint density at radius 2 is 1.94 bits per heavy atom. The van der Waals surface area contributed by atoms with Crippen molar-refractivity contribution in [1.29, 1.82) is 0 Å². The zero-order chi connectivity index (χ0) is 13.8. The van der Waals surface area contributed by atoms with E-state index in [0.29, 0.717) is 6.54 Å². The van der Waals surface area contributed by atoms with Crippen LogP contribution in [0.2, 0.25) is 0 Å². The smallest absolute Gasteiger partial charge is 0.325 e. The predicted molar refractivity (Wildman–Crippen MR) is 74.2 cm³/mol. The van der Waals surface area contributed by atoms with Crippen LogP contribution in [0, 0.1) is 0 Å². The van der Waals surface area contributed by atoms with Gasteiger partial charge in [-0.15, -0.1) is 0 Å². The molecule has 100 valence electrons. The first kappa shape index (κ1) is 14.5. The maximum Gasteiger partial charge on any atom is 0.325 e. The lowest BCUT2D eigenvalue weighted by molar-refractivity contribution is -0.143. The van der Waals surface area contributed by atoms with Crippen LogP contribution in [0.25, 0.3) is 0 Å². The molecule has 1 rings (SSSR count). The second-order valence-electron chi connectivity index (χ2n) is 4.76. The van der Waals surface area contributed by atoms with Gasteiger partial charge in [-0.25, -0.2) is 0 Å². The van der Waals surface area contributed by atoms with Gasteiger partial charge < -0.3 is 15.3 Å². The average Bonchev–Trinajstić information content (AvgIpc) is 2.38. The van der Waals surface area contributed by atoms with Gasteiger partial charge in [-0.1, -0.05) is 19.1 Å². The fourth-order valence-corrected chi connectivity index (χ4v) is 1.81. The van der Waals surface area contributed by atoms with E-state index < -0.39 is 11.5 Å². The van der Waals surface area contributed by atoms with Crippen molar-refractivity contribution < 1.29 is 9.90 Å². The van der Waals surface area contributed by atoms with E-state index in [9.17, 15) is 9.90 Å². The number of likely N-dealkylation sites (N-methyl/N-ethyl adjacent to an activating group) is 2. The minimum Gasteiger partial charge on any atom is -0.480 e. The van der Waals surface area contributed by atoms with E-state index in [4.69, 9.17) is 0 Å². The lowest BCUT2D eigenvalue weighted by atomic mass is 10.0. The molecule has 0 radical (unpaired) electrons. The number of carboxylic acids is 1. The molecule has 0 bridgehead atoms. The van der Waals surface area contributed by atoms with Gasteiger partial charge in [0.1, 0.15) is 5.54 Å². The standard InChI is InChI=1S/C14H22N2O2/c1-5-11-6-8-12(9-7-11)16(4)10-14(2,15-3)13(17)18/h6-9,15H,5,10H2,1-4H3,(H,17,18). The Bertz CT molecular complexity index is 403. The van der Waals surface area contributed by atoms with Crippen molar-refractivity contribution in [2.45, 2.75) is 25.8 Å². The van der Waals surface area contributed by atoms with Crippen LogP contribution < -0.4 is 10.2 Å². The van der Waals surface area contributed by atoms with Crippen molar-refractivity contribution in [1.82, 2.24) is 5.32 Å². The molecule has 4 nitrogen and oxygen atoms in total. The third kappa shape index (κ3) is 3.23. The van der Waals surface area contributed by atoms with Gasteiger partial charge >= 0.3 is 5.97 Å². The number of nitrogens with one attached hydrogen (secondary N) is 1. The van der Waals surface area contributed by atoms with Crippen LogP contribution in [-0.4, -0.2) is 37.3 Å². The van der Waals surface area contributed by atoms with Crippen LogP contribution in [0.5, 0.6) is 0 Å². The van der Waals surface area contributed by atoms with Gasteiger partial charge in [0, 0.05) is 19.3 Å². The van der Waals surface area contributed by atoms with Crippen molar-refractivity contribution in [3.05, 3.63) is 29.8 Å². The van der Waals surface area contributed by atoms with Gasteiger partial charge in [0.05, 0.1) is 0 Å². The van der Waals surface area contributed by atoms with Crippen LogP contribution in [0.4, 0.5) is 5.69 Å². The number of nitrogens with zero attached hydrogens (tertiary/aromatic N) is 1. The molecule has 1 aromatic rings. The summed E-state index contributed by atoms with van der Waals surface area (Å²) in [5, 5.41) is 12.1. The molecule has 0 aliphatic rings. The second-order valence-corrected chi connectivity index (χ2v) is 4.76. The summed E-state index contributed by atoms with van der Waals surface area (Å²) < 4.78 is 0. The minimum absolute atomic E-state index is 0.407. The fourth-order valence-electron chi connectivity index (χ4n) is 1.81. The third-order valence-electron chi connectivity index (χ3n) is 3.36. The number of aliphatic carboxylic acids is 1. The Morgan fingerprint density at radius 3 is 2.33 bits per heavy atom. The van der Waals surface area contributed by atoms with Crippen LogP contribution in [0.3, 0.4) is 0 Å². The average molecular weight is 250 g/mol. The largest absolute Gasteiger partial charge is 0.480 e. The van der Waals surface area contributed by atoms with Crippen molar-refractivity contribution in [3.63, 3.8) is 0 Å². The maximum absolute atomic E-state index is 11.2. The summed E-state index contributed by atoms with van der Waals surface area (Å²) in [6.45, 7) is 4.21. The van der Waals surface area contributed by atoms with Crippen LogP contribution >= 0.6 is 0 Å². The number of hydrogen-bond acceptors (Lipinski definition) is 3. The Kier molecular flexibility index (Phi) is 4.73. The highest BCUT2D eigenvalue weighted by Crippen LogP contribution is 2.17. The number of anilines is 1. The highest BCUT2D eigenvalue weighted by atomic mass is 16.4. The summed E-state index contributed by atoms with van der Waals surface area (Å²) in [5.74, 6) is -0.845. The number of hydrogen-bond donors (Lipinski definition) is 2. The molecule has 18 heavy (non-hydrogen) atoms. The summed E-state index contributed by atoms with van der Waals surface area (Å²) >= 11 is 0. The van der Waals surface area contributed by atoms with Gasteiger partial charge in [0.25, 0.3) is 0 Å². The quantitative estimate of drug-likeness (QED) is 0.807. The molecular formula is C14H22N2O2. The van der Waals surface area contributed by atoms with Crippen LogP contribution in [-0.2, 0) is 11.2 Å². The molecule has 2 N–H and O–H groups in total. The predicted octanol–water partition coefficient (Wildman–Crippen LogP) is 1.75. The first-order chi connectivity index (χ1) is 8.42. The normalized spacial score (nSPS) is 14.0. The Labute approximate surface area is 109 Å². The van der Waals surface area contributed by atoms with Gasteiger partial charge in [-0.3, -0.25) is 4.79 Å². The van der Waals surface area contributed by atoms with Crippen molar-refractivity contribution in [2.24, 2.45) is 0 Å². The zero-order valence-electron chi connectivity index (χ0n) is 11.5. The lowest BCUT2D eigenvalue weighted by Crippen LogP contribution is -2.55. The minimum atomic E-state index is -0.946. The summed E-state index contributed by atoms with van der Waals surface area (Å²) in [5.41, 5.74) is 1.36. The first-order valence-electron chi connectivity index (χ1n) is 6.15. The molecule has 0 aliphatic carbocycles. The SMILES string of the molecule is CCc1ccc(N(C)CC(C)(NC)C(=O)O)cc1. The topological polar surface area (TPSA) is 52.6 Å². The van der Waals surface area contributed by atoms with Crippen molar-refractivity contribution in [3.8, 4) is 0 Å². The molecule has 1 aromatic carbocycles. The van der Waals surface area contributed by atoms with E-state index in [0.717, 1.165) is 12.1 Å². The molecule has 0 fully saturated rings. The first-order valence-corrected chi connectivity index (χ1v) is 6.15. The molecule has 0 saturated carbocycles. The van der Waals surface area contributed by atoms with Gasteiger partial charge in [0.15, 0.2) is 0 Å². The number of aryl methyl sites for hydroxylation is 1. The molecule has 0 heterocycles.